The molecule has 0 aliphatic rings. The zero-order valence-corrected chi connectivity index (χ0v) is 11.7. The summed E-state index contributed by atoms with van der Waals surface area (Å²) >= 11 is 6.17. The Kier molecular flexibility index (Phi) is 4.64. The van der Waals surface area contributed by atoms with Gasteiger partial charge in [-0.15, -0.1) is 0 Å². The van der Waals surface area contributed by atoms with Crippen LogP contribution in [0.3, 0.4) is 0 Å². The van der Waals surface area contributed by atoms with Crippen molar-refractivity contribution in [1.29, 1.82) is 0 Å². The van der Waals surface area contributed by atoms with Gasteiger partial charge in [0.15, 0.2) is 0 Å². The molecular formula is C14H13ClOSe. The molecule has 1 unspecified atom stereocenters. The molecule has 0 saturated heterocycles. The van der Waals surface area contributed by atoms with E-state index in [0.29, 0.717) is 0 Å². The van der Waals surface area contributed by atoms with Gasteiger partial charge in [-0.05, 0) is 0 Å². The van der Waals surface area contributed by atoms with Crippen molar-refractivity contribution >= 4 is 31.0 Å². The molecule has 1 nitrogen and oxygen atoms in total. The van der Waals surface area contributed by atoms with E-state index < -0.39 is 0 Å². The number of aliphatic hydroxyl groups excluding tert-OH is 1. The van der Waals surface area contributed by atoms with Gasteiger partial charge in [-0.1, -0.05) is 0 Å². The Hall–Kier alpha value is -0.791. The minimum atomic E-state index is -0.379. The van der Waals surface area contributed by atoms with Crippen LogP contribution < -0.4 is 4.46 Å². The molecule has 0 aliphatic carbocycles. The van der Waals surface area contributed by atoms with Crippen molar-refractivity contribution in [2.75, 3.05) is 0 Å². The summed E-state index contributed by atoms with van der Waals surface area (Å²) in [7, 11) is 0. The SMILES string of the molecule is OC(C[Se]c1cccc(Cl)c1)c1ccccc1. The van der Waals surface area contributed by atoms with Crippen LogP contribution in [0.2, 0.25) is 10.3 Å². The van der Waals surface area contributed by atoms with Crippen molar-refractivity contribution in [1.82, 2.24) is 0 Å². The van der Waals surface area contributed by atoms with Crippen LogP contribution in [0, 0.1) is 0 Å². The average molecular weight is 312 g/mol. The molecule has 0 heterocycles. The fourth-order valence-corrected chi connectivity index (χ4v) is 3.79. The standard InChI is InChI=1S/C14H13ClOSe/c15-12-7-4-8-13(9-12)17-10-14(16)11-5-2-1-3-6-11/h1-9,14,16H,10H2. The Morgan fingerprint density at radius 1 is 1.06 bits per heavy atom. The van der Waals surface area contributed by atoms with E-state index in [4.69, 9.17) is 11.6 Å². The van der Waals surface area contributed by atoms with E-state index in [1.807, 2.05) is 48.5 Å². The molecule has 0 radical (unpaired) electrons. The van der Waals surface area contributed by atoms with Crippen LogP contribution in [0.25, 0.3) is 0 Å². The Morgan fingerprint density at radius 2 is 1.82 bits per heavy atom. The summed E-state index contributed by atoms with van der Waals surface area (Å²) in [4.78, 5) is 0. The molecule has 0 spiro atoms. The van der Waals surface area contributed by atoms with Crippen LogP contribution in [-0.2, 0) is 0 Å². The van der Waals surface area contributed by atoms with Gasteiger partial charge in [0.05, 0.1) is 0 Å². The third kappa shape index (κ3) is 3.86. The first kappa shape index (κ1) is 12.7. The zero-order chi connectivity index (χ0) is 12.1. The van der Waals surface area contributed by atoms with Crippen LogP contribution in [0.1, 0.15) is 11.7 Å². The monoisotopic (exact) mass is 312 g/mol. The molecule has 0 bridgehead atoms. The molecular weight excluding hydrogens is 299 g/mol. The average Bonchev–Trinajstić information content (AvgIpc) is 2.37. The van der Waals surface area contributed by atoms with Crippen molar-refractivity contribution in [2.24, 2.45) is 0 Å². The molecule has 0 fully saturated rings. The molecule has 1 N–H and O–H groups in total. The van der Waals surface area contributed by atoms with Gasteiger partial charge in [0, 0.05) is 0 Å². The normalized spacial score (nSPS) is 12.4. The first-order valence-corrected chi connectivity index (χ1v) is 7.81. The summed E-state index contributed by atoms with van der Waals surface area (Å²) in [5.74, 6) is 0. The summed E-state index contributed by atoms with van der Waals surface area (Å²) in [5, 5.41) is 11.6. The van der Waals surface area contributed by atoms with Crippen LogP contribution in [0.15, 0.2) is 54.6 Å². The van der Waals surface area contributed by atoms with Gasteiger partial charge in [0.2, 0.25) is 0 Å². The first-order chi connectivity index (χ1) is 8.25. The second-order valence-electron chi connectivity index (χ2n) is 3.69. The second kappa shape index (κ2) is 6.23. The molecule has 88 valence electrons. The molecule has 0 aliphatic heterocycles. The van der Waals surface area contributed by atoms with Crippen molar-refractivity contribution in [3.8, 4) is 0 Å². The quantitative estimate of drug-likeness (QED) is 0.861. The number of rotatable bonds is 4. The molecule has 0 saturated carbocycles. The molecule has 1 atom stereocenters. The fraction of sp³-hybridized carbons (Fsp3) is 0.143. The molecule has 2 aromatic rings. The first-order valence-electron chi connectivity index (χ1n) is 5.37. The van der Waals surface area contributed by atoms with E-state index in [2.05, 4.69) is 6.07 Å². The molecule has 3 heteroatoms. The van der Waals surface area contributed by atoms with Crippen molar-refractivity contribution < 1.29 is 5.11 Å². The van der Waals surface area contributed by atoms with Gasteiger partial charge in [0.25, 0.3) is 0 Å². The molecule has 2 rings (SSSR count). The predicted molar refractivity (Wildman–Crippen MR) is 73.0 cm³/mol. The van der Waals surface area contributed by atoms with E-state index >= 15 is 0 Å². The van der Waals surface area contributed by atoms with Crippen LogP contribution in [0.4, 0.5) is 0 Å². The van der Waals surface area contributed by atoms with Gasteiger partial charge in [-0.25, -0.2) is 0 Å². The Balaban J connectivity index is 1.95. The number of benzene rings is 2. The summed E-state index contributed by atoms with van der Waals surface area (Å²) < 4.78 is 1.22. The topological polar surface area (TPSA) is 20.2 Å². The van der Waals surface area contributed by atoms with Crippen LogP contribution in [-0.4, -0.2) is 20.1 Å². The summed E-state index contributed by atoms with van der Waals surface area (Å²) in [5.41, 5.74) is 0.983. The molecule has 0 amide bonds. The summed E-state index contributed by atoms with van der Waals surface area (Å²) in [6.07, 6.45) is -0.379. The predicted octanol–water partition coefficient (Wildman–Crippen LogP) is 2.82. The minimum absolute atomic E-state index is 0.250. The fourth-order valence-electron chi connectivity index (χ4n) is 1.50. The van der Waals surface area contributed by atoms with Crippen molar-refractivity contribution in [2.45, 2.75) is 11.4 Å². The Morgan fingerprint density at radius 3 is 2.53 bits per heavy atom. The van der Waals surface area contributed by atoms with Crippen LogP contribution >= 0.6 is 11.6 Å². The summed E-state index contributed by atoms with van der Waals surface area (Å²) in [6.45, 7) is 0. The van der Waals surface area contributed by atoms with E-state index in [1.54, 1.807) is 0 Å². The van der Waals surface area contributed by atoms with Gasteiger partial charge < -0.3 is 0 Å². The number of halogens is 1. The second-order valence-corrected chi connectivity index (χ2v) is 6.43. The summed E-state index contributed by atoms with van der Waals surface area (Å²) in [6, 6.07) is 17.6. The van der Waals surface area contributed by atoms with Gasteiger partial charge >= 0.3 is 113 Å². The van der Waals surface area contributed by atoms with Crippen molar-refractivity contribution in [3.63, 3.8) is 0 Å². The van der Waals surface area contributed by atoms with Gasteiger partial charge in [0.1, 0.15) is 0 Å². The Labute approximate surface area is 113 Å². The Bertz CT molecular complexity index is 473. The van der Waals surface area contributed by atoms with E-state index in [-0.39, 0.29) is 21.1 Å². The van der Waals surface area contributed by atoms with E-state index in [1.165, 1.54) is 4.46 Å². The number of aliphatic hydroxyl groups is 1. The number of hydrogen-bond donors (Lipinski definition) is 1. The third-order valence-corrected chi connectivity index (χ3v) is 4.87. The van der Waals surface area contributed by atoms with Crippen molar-refractivity contribution in [3.05, 3.63) is 65.2 Å². The molecule has 0 aromatic heterocycles. The maximum atomic E-state index is 10.0. The molecule has 2 aromatic carbocycles. The zero-order valence-electron chi connectivity index (χ0n) is 9.21. The maximum absolute atomic E-state index is 10.0. The molecule has 17 heavy (non-hydrogen) atoms. The van der Waals surface area contributed by atoms with E-state index in [0.717, 1.165) is 15.9 Å². The van der Waals surface area contributed by atoms with E-state index in [9.17, 15) is 5.11 Å². The van der Waals surface area contributed by atoms with Gasteiger partial charge in [-0.2, -0.15) is 0 Å². The van der Waals surface area contributed by atoms with Gasteiger partial charge in [-0.3, -0.25) is 0 Å². The van der Waals surface area contributed by atoms with Crippen LogP contribution in [0.5, 0.6) is 0 Å². The third-order valence-electron chi connectivity index (χ3n) is 2.39. The number of hydrogen-bond acceptors (Lipinski definition) is 1.